The van der Waals surface area contributed by atoms with E-state index < -0.39 is 12.0 Å². The highest BCUT2D eigenvalue weighted by Crippen LogP contribution is 2.25. The van der Waals surface area contributed by atoms with Crippen molar-refractivity contribution in [1.29, 1.82) is 0 Å². The predicted octanol–water partition coefficient (Wildman–Crippen LogP) is 1.73. The van der Waals surface area contributed by atoms with Gasteiger partial charge in [0.25, 0.3) is 5.91 Å². The fourth-order valence-electron chi connectivity index (χ4n) is 2.20. The molecule has 1 saturated heterocycles. The average molecular weight is 304 g/mol. The van der Waals surface area contributed by atoms with Crippen LogP contribution in [0.3, 0.4) is 0 Å². The molecule has 0 unspecified atom stereocenters. The number of aryl methyl sites for hydroxylation is 1. The van der Waals surface area contributed by atoms with Crippen molar-refractivity contribution < 1.29 is 19.1 Å². The molecule has 1 heterocycles. The topological polar surface area (TPSA) is 75.5 Å². The number of nitrogens with zero attached hydrogens (tertiary/aromatic N) is 1. The molecule has 0 spiro atoms. The SMILES string of the molecule is CCCC(=O)Nc1cc(C(=O)N2C[C@H]2C(=O)OC)ccc1C. The van der Waals surface area contributed by atoms with Gasteiger partial charge in [-0.2, -0.15) is 0 Å². The molecular formula is C16H20N2O4. The third kappa shape index (κ3) is 3.44. The van der Waals surface area contributed by atoms with Crippen molar-refractivity contribution in [2.24, 2.45) is 0 Å². The summed E-state index contributed by atoms with van der Waals surface area (Å²) in [7, 11) is 1.30. The molecule has 1 atom stereocenters. The lowest BCUT2D eigenvalue weighted by molar-refractivity contribution is -0.140. The van der Waals surface area contributed by atoms with Crippen molar-refractivity contribution >= 4 is 23.5 Å². The molecule has 6 nitrogen and oxygen atoms in total. The maximum Gasteiger partial charge on any atom is 0.330 e. The minimum atomic E-state index is -0.489. The minimum absolute atomic E-state index is 0.0747. The lowest BCUT2D eigenvalue weighted by atomic mass is 10.1. The summed E-state index contributed by atoms with van der Waals surface area (Å²) in [5.74, 6) is -0.715. The molecule has 22 heavy (non-hydrogen) atoms. The van der Waals surface area contributed by atoms with E-state index in [9.17, 15) is 14.4 Å². The van der Waals surface area contributed by atoms with Crippen molar-refractivity contribution in [3.8, 4) is 0 Å². The molecule has 6 heteroatoms. The van der Waals surface area contributed by atoms with Crippen LogP contribution in [0, 0.1) is 6.92 Å². The molecule has 0 saturated carbocycles. The summed E-state index contributed by atoms with van der Waals surface area (Å²) in [5.41, 5.74) is 1.96. The van der Waals surface area contributed by atoms with Crippen LogP contribution in [0.5, 0.6) is 0 Å². The van der Waals surface area contributed by atoms with Crippen LogP contribution in [0.2, 0.25) is 0 Å². The lowest BCUT2D eigenvalue weighted by Gasteiger charge is -2.10. The Morgan fingerprint density at radius 3 is 2.73 bits per heavy atom. The first-order valence-corrected chi connectivity index (χ1v) is 7.27. The normalized spacial score (nSPS) is 16.1. The number of nitrogens with one attached hydrogen (secondary N) is 1. The number of hydrogen-bond donors (Lipinski definition) is 1. The molecule has 1 aliphatic rings. The number of hydrogen-bond acceptors (Lipinski definition) is 4. The summed E-state index contributed by atoms with van der Waals surface area (Å²) >= 11 is 0. The zero-order chi connectivity index (χ0) is 16.3. The van der Waals surface area contributed by atoms with Crippen molar-refractivity contribution in [1.82, 2.24) is 4.90 Å². The Morgan fingerprint density at radius 2 is 2.09 bits per heavy atom. The smallest absolute Gasteiger partial charge is 0.330 e. The van der Waals surface area contributed by atoms with E-state index in [1.54, 1.807) is 18.2 Å². The molecule has 0 aromatic heterocycles. The molecule has 2 rings (SSSR count). The second-order valence-electron chi connectivity index (χ2n) is 5.32. The van der Waals surface area contributed by atoms with Gasteiger partial charge in [0, 0.05) is 17.7 Å². The fourth-order valence-corrected chi connectivity index (χ4v) is 2.20. The van der Waals surface area contributed by atoms with Gasteiger partial charge in [-0.3, -0.25) is 9.59 Å². The van der Waals surface area contributed by atoms with Gasteiger partial charge in [0.1, 0.15) is 6.04 Å². The van der Waals surface area contributed by atoms with E-state index in [4.69, 9.17) is 0 Å². The van der Waals surface area contributed by atoms with Crippen LogP contribution in [-0.4, -0.2) is 42.4 Å². The summed E-state index contributed by atoms with van der Waals surface area (Å²) in [6.45, 7) is 4.17. The second kappa shape index (κ2) is 6.60. The number of carbonyl (C=O) groups excluding carboxylic acids is 3. The van der Waals surface area contributed by atoms with Crippen molar-refractivity contribution in [3.05, 3.63) is 29.3 Å². The third-order valence-electron chi connectivity index (χ3n) is 3.58. The van der Waals surface area contributed by atoms with Gasteiger partial charge in [0.2, 0.25) is 5.91 Å². The van der Waals surface area contributed by atoms with Gasteiger partial charge >= 0.3 is 5.97 Å². The monoisotopic (exact) mass is 304 g/mol. The third-order valence-corrected chi connectivity index (χ3v) is 3.58. The molecule has 118 valence electrons. The van der Waals surface area contributed by atoms with Gasteiger partial charge in [-0.05, 0) is 31.0 Å². The van der Waals surface area contributed by atoms with Crippen LogP contribution in [0.1, 0.15) is 35.7 Å². The summed E-state index contributed by atoms with van der Waals surface area (Å²) in [5, 5.41) is 2.81. The van der Waals surface area contributed by atoms with Crippen LogP contribution in [0.4, 0.5) is 5.69 Å². The van der Waals surface area contributed by atoms with E-state index in [1.165, 1.54) is 12.0 Å². The lowest BCUT2D eigenvalue weighted by Crippen LogP contribution is -2.20. The van der Waals surface area contributed by atoms with Crippen LogP contribution in [-0.2, 0) is 14.3 Å². The van der Waals surface area contributed by atoms with Gasteiger partial charge < -0.3 is 15.0 Å². The number of benzene rings is 1. The summed E-state index contributed by atoms with van der Waals surface area (Å²) in [4.78, 5) is 36.8. The molecule has 1 aromatic carbocycles. The van der Waals surface area contributed by atoms with Crippen LogP contribution < -0.4 is 5.32 Å². The van der Waals surface area contributed by atoms with Crippen LogP contribution >= 0.6 is 0 Å². The first-order chi connectivity index (χ1) is 10.5. The maximum atomic E-state index is 12.3. The zero-order valence-corrected chi connectivity index (χ0v) is 13.0. The Morgan fingerprint density at radius 1 is 1.36 bits per heavy atom. The van der Waals surface area contributed by atoms with Crippen molar-refractivity contribution in [2.45, 2.75) is 32.7 Å². The van der Waals surface area contributed by atoms with E-state index in [0.717, 1.165) is 12.0 Å². The Balaban J connectivity index is 2.11. The van der Waals surface area contributed by atoms with Crippen molar-refractivity contribution in [2.75, 3.05) is 19.0 Å². The Hall–Kier alpha value is -2.37. The first-order valence-electron chi connectivity index (χ1n) is 7.27. The fraction of sp³-hybridized carbons (Fsp3) is 0.438. The summed E-state index contributed by atoms with van der Waals surface area (Å²) < 4.78 is 4.62. The number of esters is 1. The van der Waals surface area contributed by atoms with Crippen LogP contribution in [0.25, 0.3) is 0 Å². The van der Waals surface area contributed by atoms with Crippen molar-refractivity contribution in [3.63, 3.8) is 0 Å². The molecule has 1 N–H and O–H groups in total. The molecule has 1 fully saturated rings. The highest BCUT2D eigenvalue weighted by atomic mass is 16.5. The zero-order valence-electron chi connectivity index (χ0n) is 13.0. The van der Waals surface area contributed by atoms with E-state index >= 15 is 0 Å². The second-order valence-corrected chi connectivity index (χ2v) is 5.32. The van der Waals surface area contributed by atoms with Gasteiger partial charge in [-0.15, -0.1) is 0 Å². The molecule has 0 aliphatic carbocycles. The Labute approximate surface area is 129 Å². The maximum absolute atomic E-state index is 12.3. The van der Waals surface area contributed by atoms with E-state index in [-0.39, 0.29) is 11.8 Å². The van der Waals surface area contributed by atoms with Gasteiger partial charge in [-0.25, -0.2) is 4.79 Å². The molecule has 1 aliphatic heterocycles. The largest absolute Gasteiger partial charge is 0.467 e. The quantitative estimate of drug-likeness (QED) is 0.664. The Kier molecular flexibility index (Phi) is 4.80. The number of carbonyl (C=O) groups is 3. The standard InChI is InChI=1S/C16H20N2O4/c1-4-5-14(19)17-12-8-11(7-6-10(12)2)15(20)18-9-13(18)16(21)22-3/h6-8,13H,4-5,9H2,1-3H3,(H,17,19)/t13-,18?/m0/s1. The predicted molar refractivity (Wildman–Crippen MR) is 81.6 cm³/mol. The van der Waals surface area contributed by atoms with E-state index in [2.05, 4.69) is 10.1 Å². The highest BCUT2D eigenvalue weighted by molar-refractivity contribution is 6.01. The van der Waals surface area contributed by atoms with Gasteiger partial charge in [0.05, 0.1) is 13.7 Å². The molecule has 2 amide bonds. The van der Waals surface area contributed by atoms with Gasteiger partial charge in [-0.1, -0.05) is 13.0 Å². The summed E-state index contributed by atoms with van der Waals surface area (Å²) in [6, 6.07) is 4.64. The minimum Gasteiger partial charge on any atom is -0.467 e. The number of methoxy groups -OCH3 is 1. The van der Waals surface area contributed by atoms with E-state index in [1.807, 2.05) is 13.8 Å². The summed E-state index contributed by atoms with van der Waals surface area (Å²) in [6.07, 6.45) is 1.20. The Bertz CT molecular complexity index is 612. The number of rotatable bonds is 5. The molecule has 0 bridgehead atoms. The molecule has 1 aromatic rings. The number of ether oxygens (including phenoxy) is 1. The first kappa shape index (κ1) is 16.0. The molecular weight excluding hydrogens is 284 g/mol. The highest BCUT2D eigenvalue weighted by Gasteiger charge is 2.45. The van der Waals surface area contributed by atoms with E-state index in [0.29, 0.717) is 24.2 Å². The van der Waals surface area contributed by atoms with Crippen LogP contribution in [0.15, 0.2) is 18.2 Å². The molecule has 0 radical (unpaired) electrons. The number of anilines is 1. The van der Waals surface area contributed by atoms with Gasteiger partial charge in [0.15, 0.2) is 0 Å². The average Bonchev–Trinajstić information content (AvgIpc) is 3.28. The number of amides is 2.